The van der Waals surface area contributed by atoms with Gasteiger partial charge in [0.05, 0.1) is 11.6 Å². The molecule has 1 atom stereocenters. The molecule has 2 heteroatoms. The Balaban J connectivity index is 1.74. The molecule has 0 saturated heterocycles. The first kappa shape index (κ1) is 11.9. The number of nitrogens with zero attached hydrogens (tertiary/aromatic N) is 1. The zero-order chi connectivity index (χ0) is 11.9. The summed E-state index contributed by atoms with van der Waals surface area (Å²) in [4.78, 5) is 0. The largest absolute Gasteiger partial charge is 0.312 e. The first-order valence-electron chi connectivity index (χ1n) is 6.23. The van der Waals surface area contributed by atoms with Gasteiger partial charge in [-0.3, -0.25) is 0 Å². The fourth-order valence-corrected chi connectivity index (χ4v) is 2.16. The maximum atomic E-state index is 8.70. The van der Waals surface area contributed by atoms with Crippen LogP contribution in [0.15, 0.2) is 36.4 Å². The number of allylic oxidation sites excluding steroid dienone is 2. The maximum absolute atomic E-state index is 8.70. The van der Waals surface area contributed by atoms with Crippen LogP contribution in [0.2, 0.25) is 0 Å². The molecule has 0 saturated carbocycles. The Labute approximate surface area is 103 Å². The second-order valence-electron chi connectivity index (χ2n) is 4.59. The number of nitriles is 1. The Morgan fingerprint density at radius 3 is 2.71 bits per heavy atom. The second kappa shape index (κ2) is 6.22. The van der Waals surface area contributed by atoms with Crippen molar-refractivity contribution in [1.29, 1.82) is 5.26 Å². The highest BCUT2D eigenvalue weighted by Gasteiger charge is 2.08. The van der Waals surface area contributed by atoms with Gasteiger partial charge < -0.3 is 5.32 Å². The van der Waals surface area contributed by atoms with Gasteiger partial charge in [0, 0.05) is 6.54 Å². The Bertz CT molecular complexity index is 412. The van der Waals surface area contributed by atoms with E-state index in [0.717, 1.165) is 24.6 Å². The van der Waals surface area contributed by atoms with E-state index in [9.17, 15) is 0 Å². The third-order valence-electron chi connectivity index (χ3n) is 3.22. The molecule has 2 rings (SSSR count). The van der Waals surface area contributed by atoms with Crippen molar-refractivity contribution in [1.82, 2.24) is 5.32 Å². The lowest BCUT2D eigenvalue weighted by molar-refractivity contribution is 0.440. The van der Waals surface area contributed by atoms with Crippen LogP contribution in [0.4, 0.5) is 0 Å². The maximum Gasteiger partial charge on any atom is 0.0991 e. The van der Waals surface area contributed by atoms with Gasteiger partial charge in [0.25, 0.3) is 0 Å². The molecule has 0 fully saturated rings. The van der Waals surface area contributed by atoms with E-state index >= 15 is 0 Å². The zero-order valence-corrected chi connectivity index (χ0v) is 10.0. The van der Waals surface area contributed by atoms with E-state index in [4.69, 9.17) is 5.26 Å². The molecule has 1 aromatic rings. The molecule has 1 aromatic carbocycles. The highest BCUT2D eigenvalue weighted by molar-refractivity contribution is 5.31. The van der Waals surface area contributed by atoms with Gasteiger partial charge in [0.15, 0.2) is 0 Å². The van der Waals surface area contributed by atoms with Crippen molar-refractivity contribution in [2.75, 3.05) is 6.54 Å². The number of nitrogens with one attached hydrogen (secondary N) is 1. The van der Waals surface area contributed by atoms with Crippen LogP contribution in [-0.4, -0.2) is 6.54 Å². The van der Waals surface area contributed by atoms with Gasteiger partial charge >= 0.3 is 0 Å². The Morgan fingerprint density at radius 2 is 2.06 bits per heavy atom. The molecular weight excluding hydrogens is 208 g/mol. The van der Waals surface area contributed by atoms with Gasteiger partial charge in [-0.2, -0.15) is 5.26 Å². The molecular formula is C15H18N2. The zero-order valence-electron chi connectivity index (χ0n) is 10.0. The summed E-state index contributed by atoms with van der Waals surface area (Å²) in [6, 6.07) is 9.92. The lowest BCUT2D eigenvalue weighted by Crippen LogP contribution is -2.23. The van der Waals surface area contributed by atoms with Crippen LogP contribution in [0.3, 0.4) is 0 Å². The van der Waals surface area contributed by atoms with Crippen molar-refractivity contribution in [3.05, 3.63) is 47.5 Å². The molecule has 1 unspecified atom stereocenters. The van der Waals surface area contributed by atoms with Crippen LogP contribution in [0.1, 0.15) is 30.4 Å². The lowest BCUT2D eigenvalue weighted by Gasteiger charge is -2.18. The molecule has 1 aliphatic rings. The van der Waals surface area contributed by atoms with Gasteiger partial charge in [-0.1, -0.05) is 24.3 Å². The Kier molecular flexibility index (Phi) is 4.35. The van der Waals surface area contributed by atoms with Crippen LogP contribution in [0, 0.1) is 17.2 Å². The van der Waals surface area contributed by atoms with Crippen LogP contribution in [0.5, 0.6) is 0 Å². The van der Waals surface area contributed by atoms with Crippen LogP contribution >= 0.6 is 0 Å². The topological polar surface area (TPSA) is 35.8 Å². The van der Waals surface area contributed by atoms with E-state index in [1.165, 1.54) is 24.8 Å². The van der Waals surface area contributed by atoms with E-state index in [2.05, 4.69) is 23.5 Å². The van der Waals surface area contributed by atoms with Crippen molar-refractivity contribution >= 4 is 0 Å². The highest BCUT2D eigenvalue weighted by Crippen LogP contribution is 2.17. The van der Waals surface area contributed by atoms with E-state index in [1.54, 1.807) is 0 Å². The fourth-order valence-electron chi connectivity index (χ4n) is 2.16. The molecule has 17 heavy (non-hydrogen) atoms. The molecule has 0 aliphatic heterocycles. The molecule has 2 nitrogen and oxygen atoms in total. The summed E-state index contributed by atoms with van der Waals surface area (Å²) in [5.74, 6) is 0.790. The third kappa shape index (κ3) is 3.72. The lowest BCUT2D eigenvalue weighted by atomic mass is 9.94. The SMILES string of the molecule is N#Cc1ccc(CNCC2CC=CCC2)cc1. The average molecular weight is 226 g/mol. The number of hydrogen-bond donors (Lipinski definition) is 1. The van der Waals surface area contributed by atoms with Crippen LogP contribution in [-0.2, 0) is 6.54 Å². The third-order valence-corrected chi connectivity index (χ3v) is 3.22. The van der Waals surface area contributed by atoms with Gasteiger partial charge in [-0.05, 0) is 49.4 Å². The van der Waals surface area contributed by atoms with E-state index in [-0.39, 0.29) is 0 Å². The minimum atomic E-state index is 0.728. The molecule has 1 aliphatic carbocycles. The molecule has 0 amide bonds. The van der Waals surface area contributed by atoms with Crippen molar-refractivity contribution in [3.8, 4) is 6.07 Å². The molecule has 0 aromatic heterocycles. The van der Waals surface area contributed by atoms with Crippen LogP contribution < -0.4 is 5.32 Å². The van der Waals surface area contributed by atoms with E-state index in [1.807, 2.05) is 24.3 Å². The molecule has 88 valence electrons. The quantitative estimate of drug-likeness (QED) is 0.801. The average Bonchev–Trinajstić information content (AvgIpc) is 2.41. The summed E-state index contributed by atoms with van der Waals surface area (Å²) in [5.41, 5.74) is 1.97. The first-order chi connectivity index (χ1) is 8.38. The van der Waals surface area contributed by atoms with Crippen molar-refractivity contribution in [3.63, 3.8) is 0 Å². The second-order valence-corrected chi connectivity index (χ2v) is 4.59. The Morgan fingerprint density at radius 1 is 1.24 bits per heavy atom. The van der Waals surface area contributed by atoms with Gasteiger partial charge in [0.1, 0.15) is 0 Å². The minimum absolute atomic E-state index is 0.728. The molecule has 0 heterocycles. The molecule has 0 spiro atoms. The first-order valence-corrected chi connectivity index (χ1v) is 6.23. The van der Waals surface area contributed by atoms with Gasteiger partial charge in [-0.25, -0.2) is 0 Å². The fraction of sp³-hybridized carbons (Fsp3) is 0.400. The van der Waals surface area contributed by atoms with Gasteiger partial charge in [-0.15, -0.1) is 0 Å². The number of rotatable bonds is 4. The van der Waals surface area contributed by atoms with Crippen molar-refractivity contribution < 1.29 is 0 Å². The predicted molar refractivity (Wildman–Crippen MR) is 69.3 cm³/mol. The Hall–Kier alpha value is -1.59. The van der Waals surface area contributed by atoms with Crippen LogP contribution in [0.25, 0.3) is 0 Å². The van der Waals surface area contributed by atoms with Crippen molar-refractivity contribution in [2.45, 2.75) is 25.8 Å². The molecule has 1 N–H and O–H groups in total. The summed E-state index contributed by atoms with van der Waals surface area (Å²) in [5, 5.41) is 12.2. The summed E-state index contributed by atoms with van der Waals surface area (Å²) in [7, 11) is 0. The minimum Gasteiger partial charge on any atom is -0.312 e. The van der Waals surface area contributed by atoms with Crippen molar-refractivity contribution in [2.24, 2.45) is 5.92 Å². The van der Waals surface area contributed by atoms with Gasteiger partial charge in [0.2, 0.25) is 0 Å². The normalized spacial score (nSPS) is 18.9. The number of benzene rings is 1. The standard InChI is InChI=1S/C15H18N2/c16-10-13-6-8-15(9-7-13)12-17-11-14-4-2-1-3-5-14/h1-2,6-9,14,17H,3-5,11-12H2. The van der Waals surface area contributed by atoms with E-state index < -0.39 is 0 Å². The smallest absolute Gasteiger partial charge is 0.0991 e. The molecule has 0 bridgehead atoms. The number of hydrogen-bond acceptors (Lipinski definition) is 2. The highest BCUT2D eigenvalue weighted by atomic mass is 14.9. The summed E-state index contributed by atoms with van der Waals surface area (Å²) in [6.07, 6.45) is 8.30. The summed E-state index contributed by atoms with van der Waals surface area (Å²) in [6.45, 7) is 1.98. The van der Waals surface area contributed by atoms with E-state index in [0.29, 0.717) is 0 Å². The summed E-state index contributed by atoms with van der Waals surface area (Å²) >= 11 is 0. The molecule has 0 radical (unpaired) electrons. The predicted octanol–water partition coefficient (Wildman–Crippen LogP) is 3.00. The summed E-state index contributed by atoms with van der Waals surface area (Å²) < 4.78 is 0. The monoisotopic (exact) mass is 226 g/mol.